The molecule has 0 N–H and O–H groups in total. The van der Waals surface area contributed by atoms with E-state index in [1.807, 2.05) is 31.2 Å². The summed E-state index contributed by atoms with van der Waals surface area (Å²) in [6.45, 7) is 4.22. The number of hydrogen-bond acceptors (Lipinski definition) is 0. The molecule has 0 amide bonds. The Morgan fingerprint density at radius 3 is 2.40 bits per heavy atom. The average molecular weight is 411 g/mol. The molecular formula is C28H36F2. The predicted octanol–water partition coefficient (Wildman–Crippen LogP) is 8.99. The van der Waals surface area contributed by atoms with Gasteiger partial charge in [-0.1, -0.05) is 69.0 Å². The van der Waals surface area contributed by atoms with E-state index in [0.29, 0.717) is 29.0 Å². The van der Waals surface area contributed by atoms with E-state index in [1.165, 1.54) is 44.6 Å². The Bertz CT molecular complexity index is 829. The SMILES string of the molecule is C/C=C/CCc1ccc(-c2ccc(C3CCC(CCCCC)CC3)cc2F)cc1F. The van der Waals surface area contributed by atoms with Crippen LogP contribution in [0, 0.1) is 17.6 Å². The zero-order valence-electron chi connectivity index (χ0n) is 18.6. The molecule has 0 heterocycles. The summed E-state index contributed by atoms with van der Waals surface area (Å²) in [4.78, 5) is 0. The second kappa shape index (κ2) is 11.4. The lowest BCUT2D eigenvalue weighted by molar-refractivity contribution is 0.302. The van der Waals surface area contributed by atoms with E-state index >= 15 is 0 Å². The van der Waals surface area contributed by atoms with Crippen molar-refractivity contribution in [2.24, 2.45) is 5.92 Å². The van der Waals surface area contributed by atoms with Crippen LogP contribution in [-0.4, -0.2) is 0 Å². The molecule has 2 aromatic rings. The van der Waals surface area contributed by atoms with Crippen molar-refractivity contribution >= 4 is 0 Å². The molecule has 30 heavy (non-hydrogen) atoms. The van der Waals surface area contributed by atoms with Crippen molar-refractivity contribution in [3.8, 4) is 11.1 Å². The summed E-state index contributed by atoms with van der Waals surface area (Å²) in [5.74, 6) is 0.827. The molecule has 0 spiro atoms. The Morgan fingerprint density at radius 2 is 1.73 bits per heavy atom. The van der Waals surface area contributed by atoms with Gasteiger partial charge in [-0.25, -0.2) is 8.78 Å². The Hall–Kier alpha value is -1.96. The molecule has 0 nitrogen and oxygen atoms in total. The van der Waals surface area contributed by atoms with Gasteiger partial charge in [-0.05, 0) is 86.1 Å². The topological polar surface area (TPSA) is 0 Å². The van der Waals surface area contributed by atoms with Gasteiger partial charge < -0.3 is 0 Å². The Labute approximate surface area is 181 Å². The lowest BCUT2D eigenvalue weighted by atomic mass is 9.77. The number of hydrogen-bond donors (Lipinski definition) is 0. The standard InChI is InChI=1S/C28H36F2/c1-3-5-7-9-21-11-13-22(14-12-21)24-17-18-26(28(30)19-24)25-16-15-23(27(29)20-25)10-8-6-4-2/h4,6,15-22H,3,5,7-14H2,1-2H3/b6-4+. The molecule has 1 fully saturated rings. The van der Waals surface area contributed by atoms with Crippen LogP contribution in [-0.2, 0) is 6.42 Å². The quantitative estimate of drug-likeness (QED) is 0.286. The maximum atomic E-state index is 14.9. The van der Waals surface area contributed by atoms with Gasteiger partial charge in [0.05, 0.1) is 0 Å². The monoisotopic (exact) mass is 410 g/mol. The molecule has 2 aromatic carbocycles. The van der Waals surface area contributed by atoms with E-state index < -0.39 is 0 Å². The summed E-state index contributed by atoms with van der Waals surface area (Å²) in [6, 6.07) is 10.7. The summed E-state index contributed by atoms with van der Waals surface area (Å²) in [6.07, 6.45) is 15.6. The van der Waals surface area contributed by atoms with Gasteiger partial charge in [-0.2, -0.15) is 0 Å². The van der Waals surface area contributed by atoms with Crippen molar-refractivity contribution < 1.29 is 8.78 Å². The van der Waals surface area contributed by atoms with E-state index in [1.54, 1.807) is 12.1 Å². The van der Waals surface area contributed by atoms with Gasteiger partial charge in [0.15, 0.2) is 0 Å². The summed E-state index contributed by atoms with van der Waals surface area (Å²) >= 11 is 0. The fraction of sp³-hybridized carbons (Fsp3) is 0.500. The lowest BCUT2D eigenvalue weighted by Crippen LogP contribution is -2.13. The molecule has 0 saturated heterocycles. The first-order chi connectivity index (χ1) is 14.6. The van der Waals surface area contributed by atoms with Crippen LogP contribution in [0.4, 0.5) is 8.78 Å². The molecule has 1 saturated carbocycles. The fourth-order valence-corrected chi connectivity index (χ4v) is 4.81. The summed E-state index contributed by atoms with van der Waals surface area (Å²) in [7, 11) is 0. The molecule has 1 aliphatic carbocycles. The van der Waals surface area contributed by atoms with Crippen LogP contribution in [0.25, 0.3) is 11.1 Å². The van der Waals surface area contributed by atoms with Gasteiger partial charge in [0.2, 0.25) is 0 Å². The van der Waals surface area contributed by atoms with Crippen LogP contribution in [0.15, 0.2) is 48.6 Å². The minimum Gasteiger partial charge on any atom is -0.207 e. The van der Waals surface area contributed by atoms with E-state index in [0.717, 1.165) is 30.7 Å². The third kappa shape index (κ3) is 6.03. The molecule has 0 bridgehead atoms. The predicted molar refractivity (Wildman–Crippen MR) is 124 cm³/mol. The molecule has 2 heteroatoms. The molecule has 0 atom stereocenters. The smallest absolute Gasteiger partial charge is 0.131 e. The molecule has 0 aliphatic heterocycles. The van der Waals surface area contributed by atoms with Crippen LogP contribution in [0.3, 0.4) is 0 Å². The van der Waals surface area contributed by atoms with Crippen molar-refractivity contribution in [2.45, 2.75) is 84.0 Å². The van der Waals surface area contributed by atoms with Crippen molar-refractivity contribution in [1.82, 2.24) is 0 Å². The van der Waals surface area contributed by atoms with Gasteiger partial charge in [-0.15, -0.1) is 0 Å². The zero-order chi connectivity index (χ0) is 21.3. The molecule has 0 radical (unpaired) electrons. The first-order valence-corrected chi connectivity index (χ1v) is 11.8. The second-order valence-electron chi connectivity index (χ2n) is 8.87. The van der Waals surface area contributed by atoms with Crippen LogP contribution >= 0.6 is 0 Å². The number of rotatable bonds is 9. The number of unbranched alkanes of at least 4 members (excludes halogenated alkanes) is 2. The molecule has 0 unspecified atom stereocenters. The average Bonchev–Trinajstić information content (AvgIpc) is 2.76. The van der Waals surface area contributed by atoms with Gasteiger partial charge in [0, 0.05) is 5.56 Å². The van der Waals surface area contributed by atoms with Crippen LogP contribution in [0.5, 0.6) is 0 Å². The molecule has 1 aliphatic rings. The minimum absolute atomic E-state index is 0.237. The largest absolute Gasteiger partial charge is 0.207 e. The second-order valence-corrected chi connectivity index (χ2v) is 8.87. The highest BCUT2D eigenvalue weighted by Gasteiger charge is 2.23. The molecular weight excluding hydrogens is 374 g/mol. The van der Waals surface area contributed by atoms with Crippen molar-refractivity contribution in [1.29, 1.82) is 0 Å². The van der Waals surface area contributed by atoms with E-state index in [-0.39, 0.29) is 11.6 Å². The van der Waals surface area contributed by atoms with Crippen molar-refractivity contribution in [2.75, 3.05) is 0 Å². The summed E-state index contributed by atoms with van der Waals surface area (Å²) < 4.78 is 29.4. The van der Waals surface area contributed by atoms with Crippen molar-refractivity contribution in [3.63, 3.8) is 0 Å². The van der Waals surface area contributed by atoms with E-state index in [2.05, 4.69) is 13.0 Å². The number of aryl methyl sites for hydroxylation is 1. The van der Waals surface area contributed by atoms with Crippen LogP contribution < -0.4 is 0 Å². The maximum Gasteiger partial charge on any atom is 0.131 e. The normalized spacial score (nSPS) is 19.5. The lowest BCUT2D eigenvalue weighted by Gasteiger charge is -2.29. The van der Waals surface area contributed by atoms with Gasteiger partial charge in [-0.3, -0.25) is 0 Å². The maximum absolute atomic E-state index is 14.9. The van der Waals surface area contributed by atoms with Gasteiger partial charge >= 0.3 is 0 Å². The third-order valence-corrected chi connectivity index (χ3v) is 6.71. The minimum atomic E-state index is -0.248. The summed E-state index contributed by atoms with van der Waals surface area (Å²) in [5, 5.41) is 0. The van der Waals surface area contributed by atoms with Crippen LogP contribution in [0.2, 0.25) is 0 Å². The highest BCUT2D eigenvalue weighted by molar-refractivity contribution is 5.65. The Morgan fingerprint density at radius 1 is 0.933 bits per heavy atom. The van der Waals surface area contributed by atoms with Crippen LogP contribution in [0.1, 0.15) is 88.7 Å². The third-order valence-electron chi connectivity index (χ3n) is 6.71. The molecule has 162 valence electrons. The number of halogens is 2. The Balaban J connectivity index is 1.64. The van der Waals surface area contributed by atoms with E-state index in [4.69, 9.17) is 0 Å². The Kier molecular flexibility index (Phi) is 8.66. The highest BCUT2D eigenvalue weighted by atomic mass is 19.1. The molecule has 3 rings (SSSR count). The molecule has 0 aromatic heterocycles. The highest BCUT2D eigenvalue weighted by Crippen LogP contribution is 2.39. The van der Waals surface area contributed by atoms with E-state index in [9.17, 15) is 8.78 Å². The van der Waals surface area contributed by atoms with Crippen molar-refractivity contribution in [3.05, 3.63) is 71.3 Å². The number of benzene rings is 2. The zero-order valence-corrected chi connectivity index (χ0v) is 18.6. The first kappa shape index (κ1) is 22.7. The van der Waals surface area contributed by atoms with Gasteiger partial charge in [0.25, 0.3) is 0 Å². The summed E-state index contributed by atoms with van der Waals surface area (Å²) in [5.41, 5.74) is 2.90. The fourth-order valence-electron chi connectivity index (χ4n) is 4.81. The van der Waals surface area contributed by atoms with Gasteiger partial charge in [0.1, 0.15) is 11.6 Å². The number of allylic oxidation sites excluding steroid dienone is 2. The first-order valence-electron chi connectivity index (χ1n) is 11.8.